The van der Waals surface area contributed by atoms with E-state index >= 15 is 0 Å². The molecule has 0 atom stereocenters. The average molecular weight is 673 g/mol. The fraction of sp³-hybridized carbons (Fsp3) is 0.846. The van der Waals surface area contributed by atoms with E-state index in [4.69, 9.17) is 0 Å². The van der Waals surface area contributed by atoms with Crippen molar-refractivity contribution in [2.75, 3.05) is 49.3 Å². The Kier molecular flexibility index (Phi) is 21.0. The molecule has 1 aromatic carbocycles. The Hall–Kier alpha value is 0.780. The van der Waals surface area contributed by atoms with Gasteiger partial charge in [0.1, 0.15) is 0 Å². The topological polar surface area (TPSA) is 0 Å². The Morgan fingerprint density at radius 3 is 0.907 bits per heavy atom. The van der Waals surface area contributed by atoms with Crippen LogP contribution >= 0.6 is 34.4 Å². The second kappa shape index (κ2) is 21.6. The van der Waals surface area contributed by atoms with E-state index in [-0.39, 0.29) is 0 Å². The zero-order valence-corrected chi connectivity index (χ0v) is 34.3. The molecule has 4 heteroatoms. The standard InChI is InChI=1S/C39H78P2S2/c1-10-18-28-40(29-19-11-2,30-20-12-3,31-21-13-4)42-38-27-26-37(9)36-39(38)43-41(32-22-14-5,33-23-15-6,34-24-16-7)35-25-17-8/h26-27,36H,10-25,28-35H2,1-9H3. The van der Waals surface area contributed by atoms with E-state index < -0.39 is 11.6 Å². The zero-order valence-electron chi connectivity index (χ0n) is 30.9. The van der Waals surface area contributed by atoms with Gasteiger partial charge in [-0.3, -0.25) is 0 Å². The average Bonchev–Trinajstić information content (AvgIpc) is 3.02. The summed E-state index contributed by atoms with van der Waals surface area (Å²) in [4.78, 5) is 3.43. The quantitative estimate of drug-likeness (QED) is 0.0813. The van der Waals surface area contributed by atoms with Gasteiger partial charge in [0.15, 0.2) is 0 Å². The van der Waals surface area contributed by atoms with Crippen molar-refractivity contribution < 1.29 is 0 Å². The van der Waals surface area contributed by atoms with Gasteiger partial charge < -0.3 is 0 Å². The molecule has 0 bridgehead atoms. The van der Waals surface area contributed by atoms with Gasteiger partial charge in [-0.05, 0) is 0 Å². The molecular formula is C39H78P2S2. The third-order valence-corrected chi connectivity index (χ3v) is 32.9. The van der Waals surface area contributed by atoms with Gasteiger partial charge in [0, 0.05) is 0 Å². The number of rotatable bonds is 28. The van der Waals surface area contributed by atoms with Crippen molar-refractivity contribution in [3.05, 3.63) is 23.8 Å². The van der Waals surface area contributed by atoms with Crippen LogP contribution in [0.1, 0.15) is 164 Å². The van der Waals surface area contributed by atoms with Crippen LogP contribution < -0.4 is 0 Å². The Labute approximate surface area is 281 Å². The Morgan fingerprint density at radius 2 is 0.651 bits per heavy atom. The summed E-state index contributed by atoms with van der Waals surface area (Å²) in [7, 11) is 0. The van der Waals surface area contributed by atoms with Gasteiger partial charge in [-0.2, -0.15) is 0 Å². The van der Waals surface area contributed by atoms with Gasteiger partial charge in [-0.25, -0.2) is 0 Å². The molecule has 0 heterocycles. The molecule has 0 N–H and O–H groups in total. The molecule has 1 rings (SSSR count). The fourth-order valence-electron chi connectivity index (χ4n) is 7.49. The van der Waals surface area contributed by atoms with Crippen LogP contribution in [0, 0.1) is 6.92 Å². The summed E-state index contributed by atoms with van der Waals surface area (Å²) in [6.45, 7) is 21.9. The molecule has 0 saturated carbocycles. The minimum absolute atomic E-state index is 1.34. The Balaban J connectivity index is 3.97. The molecule has 0 aliphatic carbocycles. The molecule has 0 aliphatic heterocycles. The van der Waals surface area contributed by atoms with Crippen LogP contribution in [0.25, 0.3) is 0 Å². The van der Waals surface area contributed by atoms with E-state index in [1.54, 1.807) is 9.79 Å². The Morgan fingerprint density at radius 1 is 0.395 bits per heavy atom. The second-order valence-electron chi connectivity index (χ2n) is 14.5. The summed E-state index contributed by atoms with van der Waals surface area (Å²) in [5, 5.41) is 0. The fourth-order valence-corrected chi connectivity index (χ4v) is 31.8. The maximum atomic E-state index is 2.68. The Bertz CT molecular complexity index is 780. The number of hydrogen-bond donors (Lipinski definition) is 0. The predicted molar refractivity (Wildman–Crippen MR) is 215 cm³/mol. The molecule has 0 nitrogen and oxygen atoms in total. The number of hydrogen-bond acceptors (Lipinski definition) is 2. The molecule has 0 spiro atoms. The van der Waals surface area contributed by atoms with Crippen molar-refractivity contribution in [2.45, 2.75) is 175 Å². The summed E-state index contributed by atoms with van der Waals surface area (Å²) in [5.41, 5.74) is 1.48. The van der Waals surface area contributed by atoms with E-state index in [0.717, 1.165) is 0 Å². The third kappa shape index (κ3) is 13.1. The molecule has 43 heavy (non-hydrogen) atoms. The van der Waals surface area contributed by atoms with Gasteiger partial charge in [0.2, 0.25) is 0 Å². The van der Waals surface area contributed by atoms with E-state index in [2.05, 4.69) is 103 Å². The molecule has 0 unspecified atom stereocenters. The van der Waals surface area contributed by atoms with Crippen molar-refractivity contribution in [1.82, 2.24) is 0 Å². The van der Waals surface area contributed by atoms with Crippen molar-refractivity contribution in [3.63, 3.8) is 0 Å². The first kappa shape index (κ1) is 41.8. The van der Waals surface area contributed by atoms with Crippen LogP contribution in [0.3, 0.4) is 0 Å². The predicted octanol–water partition coefficient (Wildman–Crippen LogP) is 15.5. The van der Waals surface area contributed by atoms with Crippen molar-refractivity contribution >= 4 is 34.4 Å². The van der Waals surface area contributed by atoms with Crippen molar-refractivity contribution in [3.8, 4) is 0 Å². The van der Waals surface area contributed by atoms with Crippen LogP contribution in [0.5, 0.6) is 0 Å². The van der Waals surface area contributed by atoms with E-state index in [0.29, 0.717) is 0 Å². The first-order chi connectivity index (χ1) is 20.7. The summed E-state index contributed by atoms with van der Waals surface area (Å²) < 4.78 is 0. The van der Waals surface area contributed by atoms with Crippen molar-refractivity contribution in [2.24, 2.45) is 0 Å². The molecule has 0 amide bonds. The van der Waals surface area contributed by atoms with Crippen LogP contribution in [0.4, 0.5) is 0 Å². The van der Waals surface area contributed by atoms with Gasteiger partial charge >= 0.3 is 282 Å². The van der Waals surface area contributed by atoms with Crippen LogP contribution in [0.2, 0.25) is 0 Å². The van der Waals surface area contributed by atoms with Gasteiger partial charge in [-0.15, -0.1) is 0 Å². The number of benzene rings is 1. The molecule has 0 aromatic heterocycles. The van der Waals surface area contributed by atoms with E-state index in [1.165, 1.54) is 158 Å². The minimum atomic E-state index is -2.02. The summed E-state index contributed by atoms with van der Waals surface area (Å²) >= 11 is 5.09. The summed E-state index contributed by atoms with van der Waals surface area (Å²) in [6.07, 6.45) is 34.3. The van der Waals surface area contributed by atoms with Gasteiger partial charge in [0.25, 0.3) is 0 Å². The van der Waals surface area contributed by atoms with Gasteiger partial charge in [-0.1, -0.05) is 0 Å². The van der Waals surface area contributed by atoms with Crippen LogP contribution in [0.15, 0.2) is 28.0 Å². The monoisotopic (exact) mass is 673 g/mol. The number of unbranched alkanes of at least 4 members (excludes halogenated alkanes) is 8. The van der Waals surface area contributed by atoms with Crippen molar-refractivity contribution in [1.29, 1.82) is 0 Å². The normalized spacial score (nSPS) is 14.3. The molecule has 0 saturated heterocycles. The summed E-state index contributed by atoms with van der Waals surface area (Å²) in [6, 6.07) is 7.78. The molecule has 0 radical (unpaired) electrons. The first-order valence-electron chi connectivity index (χ1n) is 19.2. The molecule has 0 fully saturated rings. The van der Waals surface area contributed by atoms with Crippen LogP contribution in [-0.2, 0) is 0 Å². The molecule has 1 aromatic rings. The summed E-state index contributed by atoms with van der Waals surface area (Å²) in [5.74, 6) is -4.03. The number of aryl methyl sites for hydroxylation is 1. The van der Waals surface area contributed by atoms with E-state index in [1.807, 2.05) is 0 Å². The molecule has 256 valence electrons. The second-order valence-corrected chi connectivity index (χ2v) is 34.0. The molecule has 0 aliphatic rings. The third-order valence-electron chi connectivity index (χ3n) is 10.4. The van der Waals surface area contributed by atoms with Gasteiger partial charge in [0.05, 0.1) is 0 Å². The van der Waals surface area contributed by atoms with E-state index in [9.17, 15) is 0 Å². The molecular weight excluding hydrogens is 595 g/mol. The zero-order chi connectivity index (χ0) is 32.1. The first-order valence-corrected chi connectivity index (χ1v) is 28.0. The SMILES string of the molecule is CCCCP(CCCC)(CCCC)(CCCC)Sc1ccc(C)cc1SP(CCCC)(CCCC)(CCCC)CCCC. The maximum absolute atomic E-state index is 2.68. The van der Waals surface area contributed by atoms with Crippen LogP contribution in [-0.4, -0.2) is 49.3 Å².